The number of fused-ring (bicyclic) bond motifs is 1. The number of nitrogens with zero attached hydrogens (tertiary/aromatic N) is 4. The first-order valence-corrected chi connectivity index (χ1v) is 9.64. The molecule has 0 aliphatic heterocycles. The van der Waals surface area contributed by atoms with Crippen molar-refractivity contribution in [2.24, 2.45) is 5.10 Å². The second-order valence-electron chi connectivity index (χ2n) is 6.88. The molecule has 0 fully saturated rings. The molecule has 0 saturated carbocycles. The molecular formula is C23H17N5O4. The highest BCUT2D eigenvalue weighted by molar-refractivity contribution is 5.93. The number of nitro groups is 1. The highest BCUT2D eigenvalue weighted by Gasteiger charge is 2.17. The number of carbonyl (C=O) groups excluding carboxylic acids is 1. The maximum Gasteiger partial charge on any atom is 0.307 e. The zero-order valence-electron chi connectivity index (χ0n) is 16.7. The van der Waals surface area contributed by atoms with Gasteiger partial charge in [0.1, 0.15) is 0 Å². The molecule has 1 heterocycles. The van der Waals surface area contributed by atoms with Crippen LogP contribution in [0.15, 0.2) is 88.8 Å². The molecule has 1 N–H and O–H groups in total. The van der Waals surface area contributed by atoms with Gasteiger partial charge in [-0.25, -0.2) is 10.4 Å². The number of hydrazone groups is 1. The third-order valence-electron chi connectivity index (χ3n) is 4.73. The number of aromatic nitrogens is 2. The van der Waals surface area contributed by atoms with Crippen molar-refractivity contribution in [3.05, 3.63) is 116 Å². The number of hydrogen-bond donors (Lipinski definition) is 1. The van der Waals surface area contributed by atoms with Crippen LogP contribution in [0, 0.1) is 10.1 Å². The summed E-state index contributed by atoms with van der Waals surface area (Å²) in [5, 5.41) is 15.0. The smallest absolute Gasteiger partial charge is 0.283 e. The van der Waals surface area contributed by atoms with Gasteiger partial charge in [-0.05, 0) is 35.4 Å². The van der Waals surface area contributed by atoms with Crippen LogP contribution in [0.3, 0.4) is 0 Å². The van der Waals surface area contributed by atoms with Gasteiger partial charge in [-0.2, -0.15) is 5.10 Å². The fraction of sp³-hybridized carbons (Fsp3) is 0.0435. The lowest BCUT2D eigenvalue weighted by atomic mass is 10.2. The van der Waals surface area contributed by atoms with Gasteiger partial charge in [0.25, 0.3) is 11.2 Å². The molecule has 0 aliphatic carbocycles. The molecule has 0 radical (unpaired) electrons. The third-order valence-corrected chi connectivity index (χ3v) is 4.73. The number of para-hydroxylation sites is 1. The largest absolute Gasteiger partial charge is 0.307 e. The van der Waals surface area contributed by atoms with E-state index in [0.29, 0.717) is 16.5 Å². The van der Waals surface area contributed by atoms with Gasteiger partial charge < -0.3 is 0 Å². The minimum Gasteiger partial charge on any atom is -0.283 e. The van der Waals surface area contributed by atoms with E-state index in [1.54, 1.807) is 24.3 Å². The summed E-state index contributed by atoms with van der Waals surface area (Å²) >= 11 is 0. The van der Waals surface area contributed by atoms with E-state index >= 15 is 0 Å². The Hall–Kier alpha value is -4.66. The Bertz CT molecular complexity index is 1380. The Morgan fingerprint density at radius 1 is 1.03 bits per heavy atom. The van der Waals surface area contributed by atoms with E-state index in [4.69, 9.17) is 0 Å². The van der Waals surface area contributed by atoms with Crippen LogP contribution in [0.4, 0.5) is 5.69 Å². The van der Waals surface area contributed by atoms with Crippen molar-refractivity contribution in [2.45, 2.75) is 6.54 Å². The predicted octanol–water partition coefficient (Wildman–Crippen LogP) is 3.12. The molecule has 9 heteroatoms. The van der Waals surface area contributed by atoms with Crippen molar-refractivity contribution in [1.29, 1.82) is 0 Å². The number of amides is 1. The lowest BCUT2D eigenvalue weighted by Crippen LogP contribution is -2.32. The summed E-state index contributed by atoms with van der Waals surface area (Å²) in [4.78, 5) is 40.6. The van der Waals surface area contributed by atoms with Gasteiger partial charge in [-0.3, -0.25) is 24.3 Å². The maximum atomic E-state index is 13.1. The molecule has 0 spiro atoms. The van der Waals surface area contributed by atoms with E-state index < -0.39 is 10.8 Å². The minimum absolute atomic E-state index is 0.0449. The average Bonchev–Trinajstić information content (AvgIpc) is 2.81. The van der Waals surface area contributed by atoms with Gasteiger partial charge in [-0.15, -0.1) is 0 Å². The van der Waals surface area contributed by atoms with Crippen LogP contribution in [-0.2, 0) is 6.54 Å². The number of rotatable bonds is 6. The van der Waals surface area contributed by atoms with Crippen LogP contribution in [-0.4, -0.2) is 26.6 Å². The summed E-state index contributed by atoms with van der Waals surface area (Å²) in [7, 11) is 0. The second-order valence-corrected chi connectivity index (χ2v) is 6.88. The fourth-order valence-corrected chi connectivity index (χ4v) is 3.15. The predicted molar refractivity (Wildman–Crippen MR) is 120 cm³/mol. The summed E-state index contributed by atoms with van der Waals surface area (Å²) in [5.41, 5.74) is 3.81. The number of hydrogen-bond acceptors (Lipinski definition) is 6. The van der Waals surface area contributed by atoms with Gasteiger partial charge in [0.2, 0.25) is 5.82 Å². The minimum atomic E-state index is -0.651. The number of non-ortho nitro benzene ring substituents is 1. The van der Waals surface area contributed by atoms with Crippen molar-refractivity contribution in [3.63, 3.8) is 0 Å². The standard InChI is InChI=1S/C23H17N5O4/c29-22(26-24-14-16-10-12-18(13-11-16)28(31)32)21-25-20-9-5-4-8-19(20)23(30)27(21)15-17-6-2-1-3-7-17/h1-14H,15H2,(H,26,29)/b24-14-. The van der Waals surface area contributed by atoms with Crippen molar-refractivity contribution in [2.75, 3.05) is 0 Å². The molecule has 4 aromatic rings. The van der Waals surface area contributed by atoms with Gasteiger partial charge >= 0.3 is 5.91 Å². The molecule has 1 amide bonds. The van der Waals surface area contributed by atoms with E-state index in [1.807, 2.05) is 30.3 Å². The van der Waals surface area contributed by atoms with E-state index in [0.717, 1.165) is 5.56 Å². The molecule has 0 bridgehead atoms. The lowest BCUT2D eigenvalue weighted by Gasteiger charge is -2.12. The number of benzene rings is 3. The molecular weight excluding hydrogens is 410 g/mol. The number of carbonyl (C=O) groups is 1. The van der Waals surface area contributed by atoms with Crippen molar-refractivity contribution in [3.8, 4) is 0 Å². The van der Waals surface area contributed by atoms with Gasteiger partial charge in [-0.1, -0.05) is 42.5 Å². The molecule has 3 aromatic carbocycles. The van der Waals surface area contributed by atoms with E-state index in [2.05, 4.69) is 15.5 Å². The van der Waals surface area contributed by atoms with Crippen LogP contribution in [0.5, 0.6) is 0 Å². The zero-order chi connectivity index (χ0) is 22.5. The highest BCUT2D eigenvalue weighted by Crippen LogP contribution is 2.12. The first kappa shape index (κ1) is 20.6. The van der Waals surface area contributed by atoms with E-state index in [-0.39, 0.29) is 23.6 Å². The van der Waals surface area contributed by atoms with Gasteiger partial charge in [0.05, 0.1) is 28.6 Å². The summed E-state index contributed by atoms with van der Waals surface area (Å²) in [6.45, 7) is 0.173. The normalized spacial score (nSPS) is 11.0. The summed E-state index contributed by atoms with van der Waals surface area (Å²) in [5.74, 6) is -0.722. The molecule has 4 rings (SSSR count). The summed E-state index contributed by atoms with van der Waals surface area (Å²) < 4.78 is 1.31. The van der Waals surface area contributed by atoms with Crippen LogP contribution in [0.2, 0.25) is 0 Å². The molecule has 1 aromatic heterocycles. The first-order chi connectivity index (χ1) is 15.5. The second kappa shape index (κ2) is 9.00. The van der Waals surface area contributed by atoms with Crippen LogP contribution in [0.25, 0.3) is 10.9 Å². The quantitative estimate of drug-likeness (QED) is 0.288. The molecule has 9 nitrogen and oxygen atoms in total. The number of nitrogens with one attached hydrogen (secondary N) is 1. The van der Waals surface area contributed by atoms with Crippen LogP contribution in [0.1, 0.15) is 21.7 Å². The van der Waals surface area contributed by atoms with E-state index in [1.165, 1.54) is 35.0 Å². The van der Waals surface area contributed by atoms with Crippen LogP contribution < -0.4 is 11.0 Å². The molecule has 158 valence electrons. The zero-order valence-corrected chi connectivity index (χ0v) is 16.7. The van der Waals surface area contributed by atoms with Crippen LogP contribution >= 0.6 is 0 Å². The molecule has 0 aliphatic rings. The molecule has 0 atom stereocenters. The van der Waals surface area contributed by atoms with Gasteiger partial charge in [0, 0.05) is 12.1 Å². The van der Waals surface area contributed by atoms with Gasteiger partial charge in [0.15, 0.2) is 0 Å². The highest BCUT2D eigenvalue weighted by atomic mass is 16.6. The Morgan fingerprint density at radius 3 is 2.44 bits per heavy atom. The Kier molecular flexibility index (Phi) is 5.80. The third kappa shape index (κ3) is 4.41. The molecule has 0 saturated heterocycles. The summed E-state index contributed by atoms with van der Waals surface area (Å²) in [6.07, 6.45) is 1.35. The average molecular weight is 427 g/mol. The van der Waals surface area contributed by atoms with E-state index in [9.17, 15) is 19.7 Å². The van der Waals surface area contributed by atoms with Crippen molar-refractivity contribution >= 4 is 28.7 Å². The van der Waals surface area contributed by atoms with Crippen molar-refractivity contribution < 1.29 is 9.72 Å². The molecule has 0 unspecified atom stereocenters. The fourth-order valence-electron chi connectivity index (χ4n) is 3.15. The monoisotopic (exact) mass is 427 g/mol. The molecule has 32 heavy (non-hydrogen) atoms. The number of nitro benzene ring substituents is 1. The Morgan fingerprint density at radius 2 is 1.72 bits per heavy atom. The Balaban J connectivity index is 1.64. The SMILES string of the molecule is O=C(N/N=C\c1ccc([N+](=O)[O-])cc1)c1nc2ccccc2c(=O)n1Cc1ccccc1. The van der Waals surface area contributed by atoms with Crippen molar-refractivity contribution in [1.82, 2.24) is 15.0 Å². The first-order valence-electron chi connectivity index (χ1n) is 9.64. The lowest BCUT2D eigenvalue weighted by molar-refractivity contribution is -0.384. The Labute approximate surface area is 181 Å². The summed E-state index contributed by atoms with van der Waals surface area (Å²) in [6, 6.07) is 21.8. The maximum absolute atomic E-state index is 13.1. The topological polar surface area (TPSA) is 119 Å².